The van der Waals surface area contributed by atoms with E-state index in [1.54, 1.807) is 0 Å². The smallest absolute Gasteiger partial charge is 0.374 e. The van der Waals surface area contributed by atoms with Crippen LogP contribution in [0.5, 0.6) is 0 Å². The Hall–Kier alpha value is -0.610. The van der Waals surface area contributed by atoms with Crippen molar-refractivity contribution in [2.75, 3.05) is 25.6 Å². The second kappa shape index (κ2) is 7.74. The van der Waals surface area contributed by atoms with Gasteiger partial charge >= 0.3 is 22.5 Å². The lowest BCUT2D eigenvalue weighted by Crippen LogP contribution is -2.42. The van der Waals surface area contributed by atoms with E-state index in [0.29, 0.717) is 0 Å². The maximum Gasteiger partial charge on any atom is 0.455 e. The maximum absolute atomic E-state index is 12.7. The van der Waals surface area contributed by atoms with E-state index in [1.807, 2.05) is 0 Å². The fourth-order valence-electron chi connectivity index (χ4n) is 1.29. The summed E-state index contributed by atoms with van der Waals surface area (Å²) in [6.07, 6.45) is -6.48. The first-order valence-corrected chi connectivity index (χ1v) is 8.94. The third kappa shape index (κ3) is 9.63. The minimum absolute atomic E-state index is 0.612. The molecule has 0 saturated carbocycles. The van der Waals surface area contributed by atoms with Crippen molar-refractivity contribution in [1.29, 1.82) is 0 Å². The molecule has 146 valence electrons. The van der Waals surface area contributed by atoms with E-state index < -0.39 is 70.0 Å². The average Bonchev–Trinajstić information content (AvgIpc) is 2.31. The molecule has 8 nitrogen and oxygen atoms in total. The molecule has 0 aliphatic rings. The Kier molecular flexibility index (Phi) is 7.54. The molecule has 0 aliphatic carbocycles. The van der Waals surface area contributed by atoms with Crippen LogP contribution in [-0.2, 0) is 29.4 Å². The molecule has 1 unspecified atom stereocenters. The van der Waals surface area contributed by atoms with Crippen LogP contribution in [0.4, 0.5) is 22.0 Å². The second-order valence-electron chi connectivity index (χ2n) is 5.23. The average molecular weight is 410 g/mol. The van der Waals surface area contributed by atoms with Gasteiger partial charge in [0.05, 0.1) is 19.0 Å². The molecular formula is C9H15F5O8S2. The first-order chi connectivity index (χ1) is 10.4. The standard InChI is InChI=1S/C9H15F5O8S2/c1-7(2-3-23(15,16)17,5-22-24(18,19)20)4-21-6-8(10,11)9(12,13)14/h2-6H2,1H3,(H,15,16,17)(H,18,19,20). The summed E-state index contributed by atoms with van der Waals surface area (Å²) in [6, 6.07) is 0. The SMILES string of the molecule is CC(CCS(=O)(=O)O)(COCC(F)(F)C(F)(F)F)COS(=O)(=O)O. The molecule has 1 atom stereocenters. The summed E-state index contributed by atoms with van der Waals surface area (Å²) >= 11 is 0. The van der Waals surface area contributed by atoms with Crippen LogP contribution in [0.1, 0.15) is 13.3 Å². The fraction of sp³-hybridized carbons (Fsp3) is 1.00. The van der Waals surface area contributed by atoms with Gasteiger partial charge in [-0.25, -0.2) is 4.18 Å². The molecule has 0 rings (SSSR count). The van der Waals surface area contributed by atoms with Gasteiger partial charge < -0.3 is 4.74 Å². The van der Waals surface area contributed by atoms with Crippen LogP contribution in [0.15, 0.2) is 0 Å². The number of alkyl halides is 5. The number of hydrogen-bond donors (Lipinski definition) is 2. The molecule has 0 amide bonds. The molecule has 0 aliphatic heterocycles. The van der Waals surface area contributed by atoms with Crippen molar-refractivity contribution in [3.05, 3.63) is 0 Å². The van der Waals surface area contributed by atoms with E-state index in [2.05, 4.69) is 8.92 Å². The van der Waals surface area contributed by atoms with Gasteiger partial charge in [-0.05, 0) is 6.42 Å². The van der Waals surface area contributed by atoms with E-state index in [0.717, 1.165) is 6.92 Å². The Morgan fingerprint density at radius 2 is 1.42 bits per heavy atom. The minimum atomic E-state index is -5.87. The van der Waals surface area contributed by atoms with Crippen LogP contribution in [0.2, 0.25) is 0 Å². The number of ether oxygens (including phenoxy) is 1. The second-order valence-corrected chi connectivity index (χ2v) is 7.89. The minimum Gasteiger partial charge on any atom is -0.374 e. The van der Waals surface area contributed by atoms with Crippen LogP contribution >= 0.6 is 0 Å². The number of hydrogen-bond acceptors (Lipinski definition) is 6. The van der Waals surface area contributed by atoms with Crippen molar-refractivity contribution in [2.24, 2.45) is 5.41 Å². The highest BCUT2D eigenvalue weighted by Crippen LogP contribution is 2.36. The molecule has 15 heteroatoms. The van der Waals surface area contributed by atoms with E-state index in [1.165, 1.54) is 0 Å². The molecule has 2 N–H and O–H groups in total. The number of halogens is 5. The zero-order valence-corrected chi connectivity index (χ0v) is 13.7. The molecule has 0 aromatic heterocycles. The van der Waals surface area contributed by atoms with E-state index in [9.17, 15) is 38.8 Å². The van der Waals surface area contributed by atoms with Gasteiger partial charge in [-0.3, -0.25) is 9.11 Å². The van der Waals surface area contributed by atoms with Crippen LogP contribution in [0.25, 0.3) is 0 Å². The normalized spacial score (nSPS) is 16.8. The van der Waals surface area contributed by atoms with Crippen LogP contribution in [0, 0.1) is 5.41 Å². The predicted molar refractivity (Wildman–Crippen MR) is 68.5 cm³/mol. The maximum atomic E-state index is 12.7. The van der Waals surface area contributed by atoms with Gasteiger partial charge in [0.1, 0.15) is 6.61 Å². The van der Waals surface area contributed by atoms with Gasteiger partial charge in [-0.2, -0.15) is 38.8 Å². The molecule has 0 spiro atoms. The molecule has 0 aromatic carbocycles. The zero-order valence-electron chi connectivity index (χ0n) is 12.1. The Morgan fingerprint density at radius 3 is 1.79 bits per heavy atom. The summed E-state index contributed by atoms with van der Waals surface area (Å²) in [5.41, 5.74) is -1.72. The lowest BCUT2D eigenvalue weighted by molar-refractivity contribution is -0.298. The van der Waals surface area contributed by atoms with Crippen molar-refractivity contribution >= 4 is 20.5 Å². The predicted octanol–water partition coefficient (Wildman–Crippen LogP) is 1.30. The third-order valence-electron chi connectivity index (χ3n) is 2.67. The molecule has 0 bridgehead atoms. The molecule has 24 heavy (non-hydrogen) atoms. The first-order valence-electron chi connectivity index (χ1n) is 5.96. The van der Waals surface area contributed by atoms with Crippen LogP contribution in [0.3, 0.4) is 0 Å². The highest BCUT2D eigenvalue weighted by Gasteiger charge is 2.57. The molecule has 0 radical (unpaired) electrons. The van der Waals surface area contributed by atoms with Gasteiger partial charge in [0, 0.05) is 5.41 Å². The Labute approximate surface area is 134 Å². The van der Waals surface area contributed by atoms with Crippen molar-refractivity contribution in [1.82, 2.24) is 0 Å². The fourth-order valence-corrected chi connectivity index (χ4v) is 2.47. The first kappa shape index (κ1) is 23.4. The molecule has 0 fully saturated rings. The summed E-state index contributed by atoms with van der Waals surface area (Å²) < 4.78 is 129. The van der Waals surface area contributed by atoms with Crippen LogP contribution in [-0.4, -0.2) is 63.6 Å². The lowest BCUT2D eigenvalue weighted by atomic mass is 9.90. The van der Waals surface area contributed by atoms with E-state index in [4.69, 9.17) is 9.11 Å². The van der Waals surface area contributed by atoms with Gasteiger partial charge in [0.25, 0.3) is 10.1 Å². The summed E-state index contributed by atoms with van der Waals surface area (Å²) in [6.45, 7) is -3.01. The van der Waals surface area contributed by atoms with Gasteiger partial charge in [0.2, 0.25) is 0 Å². The van der Waals surface area contributed by atoms with E-state index in [-0.39, 0.29) is 0 Å². The molecule has 0 aromatic rings. The van der Waals surface area contributed by atoms with Gasteiger partial charge in [-0.1, -0.05) is 6.92 Å². The quantitative estimate of drug-likeness (QED) is 0.408. The molecular weight excluding hydrogens is 395 g/mol. The van der Waals surface area contributed by atoms with Crippen LogP contribution < -0.4 is 0 Å². The lowest BCUT2D eigenvalue weighted by Gasteiger charge is -2.29. The van der Waals surface area contributed by atoms with Gasteiger partial charge in [-0.15, -0.1) is 0 Å². The highest BCUT2D eigenvalue weighted by atomic mass is 32.3. The van der Waals surface area contributed by atoms with Crippen molar-refractivity contribution < 1.29 is 56.8 Å². The Morgan fingerprint density at radius 1 is 0.917 bits per heavy atom. The van der Waals surface area contributed by atoms with Crippen molar-refractivity contribution in [3.63, 3.8) is 0 Å². The largest absolute Gasteiger partial charge is 0.455 e. The summed E-state index contributed by atoms with van der Waals surface area (Å²) in [7, 11) is -9.52. The van der Waals surface area contributed by atoms with E-state index >= 15 is 0 Å². The van der Waals surface area contributed by atoms with Crippen molar-refractivity contribution in [2.45, 2.75) is 25.4 Å². The molecule has 0 saturated heterocycles. The molecule has 0 heterocycles. The van der Waals surface area contributed by atoms with Gasteiger partial charge in [0.15, 0.2) is 0 Å². The summed E-state index contributed by atoms with van der Waals surface area (Å²) in [5.74, 6) is -6.15. The highest BCUT2D eigenvalue weighted by molar-refractivity contribution is 7.85. The third-order valence-corrected chi connectivity index (χ3v) is 3.80. The Balaban J connectivity index is 4.94. The zero-order chi connectivity index (χ0) is 19.4. The Bertz CT molecular complexity index is 576. The topological polar surface area (TPSA) is 127 Å². The monoisotopic (exact) mass is 410 g/mol. The summed E-state index contributed by atoms with van der Waals surface area (Å²) in [4.78, 5) is 0. The number of rotatable bonds is 10. The summed E-state index contributed by atoms with van der Waals surface area (Å²) in [5, 5.41) is 0. The van der Waals surface area contributed by atoms with Crippen molar-refractivity contribution in [3.8, 4) is 0 Å².